The summed E-state index contributed by atoms with van der Waals surface area (Å²) in [5, 5.41) is 0. The van der Waals surface area contributed by atoms with Crippen LogP contribution in [-0.2, 0) is 21.1 Å². The van der Waals surface area contributed by atoms with Crippen molar-refractivity contribution in [1.82, 2.24) is 0 Å². The van der Waals surface area contributed by atoms with Crippen molar-refractivity contribution in [2.75, 3.05) is 0 Å². The molecule has 0 aromatic heterocycles. The first-order chi connectivity index (χ1) is 2.39. The molecule has 1 aliphatic rings. The van der Waals surface area contributed by atoms with Crippen molar-refractivity contribution in [3.63, 3.8) is 0 Å². The average Bonchev–Trinajstić information content (AvgIpc) is 1.30. The first-order valence-electron chi connectivity index (χ1n) is 2.15. The van der Waals surface area contributed by atoms with Crippen LogP contribution in [-0.4, -0.2) is 6.04 Å². The van der Waals surface area contributed by atoms with E-state index in [0.29, 0.717) is 6.04 Å². The maximum Gasteiger partial charge on any atom is 0.00388 e. The van der Waals surface area contributed by atoms with E-state index in [2.05, 4.69) is 0 Å². The predicted molar refractivity (Wildman–Crippen MR) is 21.8 cm³/mol. The Kier molecular flexibility index (Phi) is 3.06. The van der Waals surface area contributed by atoms with E-state index >= 15 is 0 Å². The molecule has 0 saturated heterocycles. The van der Waals surface area contributed by atoms with Crippen molar-refractivity contribution < 1.29 is 21.1 Å². The summed E-state index contributed by atoms with van der Waals surface area (Å²) in [4.78, 5) is 0. The molecule has 0 unspecified atom stereocenters. The summed E-state index contributed by atoms with van der Waals surface area (Å²) in [6.45, 7) is 0. The van der Waals surface area contributed by atoms with Crippen LogP contribution in [0.5, 0.6) is 0 Å². The van der Waals surface area contributed by atoms with E-state index < -0.39 is 0 Å². The Bertz CT molecular complexity index is 34.5. The molecule has 0 heterocycles. The Balaban J connectivity index is 0.000000250. The van der Waals surface area contributed by atoms with Gasteiger partial charge in [-0.2, -0.15) is 0 Å². The van der Waals surface area contributed by atoms with Gasteiger partial charge in [0, 0.05) is 27.1 Å². The van der Waals surface area contributed by atoms with E-state index in [1.165, 1.54) is 19.3 Å². The summed E-state index contributed by atoms with van der Waals surface area (Å²) in [7, 11) is 0. The topological polar surface area (TPSA) is 26.0 Å². The minimum absolute atomic E-state index is 0. The van der Waals surface area contributed by atoms with E-state index in [9.17, 15) is 0 Å². The molecule has 2 N–H and O–H groups in total. The SMILES string of the molecule is NC1CCC1.[Pt]. The maximum absolute atomic E-state index is 5.38. The molecular weight excluding hydrogens is 257 g/mol. The van der Waals surface area contributed by atoms with Gasteiger partial charge >= 0.3 is 0 Å². The molecule has 1 fully saturated rings. The molecule has 6 heavy (non-hydrogen) atoms. The van der Waals surface area contributed by atoms with E-state index in [1.807, 2.05) is 0 Å². The van der Waals surface area contributed by atoms with Crippen LogP contribution in [0.1, 0.15) is 19.3 Å². The molecule has 1 rings (SSSR count). The van der Waals surface area contributed by atoms with Gasteiger partial charge in [-0.25, -0.2) is 0 Å². The zero-order valence-corrected chi connectivity index (χ0v) is 5.86. The van der Waals surface area contributed by atoms with Gasteiger partial charge in [0.2, 0.25) is 0 Å². The van der Waals surface area contributed by atoms with Gasteiger partial charge in [-0.3, -0.25) is 0 Å². The van der Waals surface area contributed by atoms with Gasteiger partial charge in [0.1, 0.15) is 0 Å². The van der Waals surface area contributed by atoms with Crippen molar-refractivity contribution in [1.29, 1.82) is 0 Å². The van der Waals surface area contributed by atoms with Gasteiger partial charge in [-0.05, 0) is 12.8 Å². The van der Waals surface area contributed by atoms with Crippen LogP contribution in [0.4, 0.5) is 0 Å². The fourth-order valence-corrected chi connectivity index (χ4v) is 0.440. The second kappa shape index (κ2) is 2.76. The summed E-state index contributed by atoms with van der Waals surface area (Å²) in [6.07, 6.45) is 3.89. The number of hydrogen-bond acceptors (Lipinski definition) is 1. The molecule has 2 heteroatoms. The number of hydrogen-bond donors (Lipinski definition) is 1. The second-order valence-corrected chi connectivity index (χ2v) is 1.69. The first kappa shape index (κ1) is 6.65. The van der Waals surface area contributed by atoms with E-state index in [1.54, 1.807) is 0 Å². The largest absolute Gasteiger partial charge is 0.328 e. The zero-order valence-electron chi connectivity index (χ0n) is 3.59. The van der Waals surface area contributed by atoms with Crippen molar-refractivity contribution in [3.05, 3.63) is 0 Å². The van der Waals surface area contributed by atoms with Crippen molar-refractivity contribution in [2.24, 2.45) is 5.73 Å². The summed E-state index contributed by atoms with van der Waals surface area (Å²) in [5.41, 5.74) is 5.38. The van der Waals surface area contributed by atoms with Crippen LogP contribution in [0.25, 0.3) is 0 Å². The number of rotatable bonds is 0. The van der Waals surface area contributed by atoms with Crippen LogP contribution in [0.3, 0.4) is 0 Å². The average molecular weight is 266 g/mol. The third-order valence-corrected chi connectivity index (χ3v) is 1.15. The first-order valence-corrected chi connectivity index (χ1v) is 2.15. The normalized spacial score (nSPS) is 21.5. The number of nitrogens with two attached hydrogens (primary N) is 1. The Labute approximate surface area is 52.6 Å². The van der Waals surface area contributed by atoms with Crippen LogP contribution in [0, 0.1) is 0 Å². The fourth-order valence-electron chi connectivity index (χ4n) is 0.440. The smallest absolute Gasteiger partial charge is 0.00388 e. The molecule has 0 bridgehead atoms. The molecule has 0 spiro atoms. The van der Waals surface area contributed by atoms with Crippen LogP contribution in [0.2, 0.25) is 0 Å². The maximum atomic E-state index is 5.38. The van der Waals surface area contributed by atoms with E-state index in [-0.39, 0.29) is 21.1 Å². The quantitative estimate of drug-likeness (QED) is 0.678. The Morgan fingerprint density at radius 2 is 1.67 bits per heavy atom. The standard InChI is InChI=1S/C4H9N.Pt/c5-4-2-1-3-4;/h4H,1-3,5H2;. The molecule has 0 radical (unpaired) electrons. The molecule has 0 aliphatic heterocycles. The molecular formula is C4H9NPt. The summed E-state index contributed by atoms with van der Waals surface area (Å²) in [6, 6.07) is 0.565. The zero-order chi connectivity index (χ0) is 3.70. The Morgan fingerprint density at radius 3 is 1.67 bits per heavy atom. The molecule has 0 amide bonds. The van der Waals surface area contributed by atoms with Gasteiger partial charge in [-0.1, -0.05) is 6.42 Å². The van der Waals surface area contributed by atoms with Crippen LogP contribution < -0.4 is 5.73 Å². The van der Waals surface area contributed by atoms with Crippen molar-refractivity contribution in [2.45, 2.75) is 25.3 Å². The monoisotopic (exact) mass is 266 g/mol. The molecule has 0 aromatic carbocycles. The predicted octanol–water partition coefficient (Wildman–Crippen LogP) is 0.495. The fraction of sp³-hybridized carbons (Fsp3) is 1.00. The molecule has 1 nitrogen and oxygen atoms in total. The van der Waals surface area contributed by atoms with Crippen LogP contribution >= 0.6 is 0 Å². The van der Waals surface area contributed by atoms with Crippen molar-refractivity contribution in [3.8, 4) is 0 Å². The van der Waals surface area contributed by atoms with E-state index in [0.717, 1.165) is 0 Å². The van der Waals surface area contributed by atoms with Gasteiger partial charge in [-0.15, -0.1) is 0 Å². The van der Waals surface area contributed by atoms with Gasteiger partial charge in [0.15, 0.2) is 0 Å². The second-order valence-electron chi connectivity index (χ2n) is 1.69. The molecule has 40 valence electrons. The Morgan fingerprint density at radius 1 is 1.33 bits per heavy atom. The third kappa shape index (κ3) is 1.40. The summed E-state index contributed by atoms with van der Waals surface area (Å²) in [5.74, 6) is 0. The summed E-state index contributed by atoms with van der Waals surface area (Å²) < 4.78 is 0. The van der Waals surface area contributed by atoms with Gasteiger partial charge in [0.05, 0.1) is 0 Å². The molecule has 1 saturated carbocycles. The Hall–Kier alpha value is 0.648. The van der Waals surface area contributed by atoms with Gasteiger partial charge in [0.25, 0.3) is 0 Å². The van der Waals surface area contributed by atoms with Crippen molar-refractivity contribution >= 4 is 0 Å². The van der Waals surface area contributed by atoms with E-state index in [4.69, 9.17) is 5.73 Å². The minimum Gasteiger partial charge on any atom is -0.328 e. The summed E-state index contributed by atoms with van der Waals surface area (Å²) >= 11 is 0. The van der Waals surface area contributed by atoms with Crippen LogP contribution in [0.15, 0.2) is 0 Å². The minimum atomic E-state index is 0. The molecule has 1 aliphatic carbocycles. The molecule has 0 aromatic rings. The third-order valence-electron chi connectivity index (χ3n) is 1.15. The molecule has 0 atom stereocenters. The van der Waals surface area contributed by atoms with Gasteiger partial charge < -0.3 is 5.73 Å².